The zero-order chi connectivity index (χ0) is 15.0. The van der Waals surface area contributed by atoms with Crippen LogP contribution in [0.1, 0.15) is 18.5 Å². The molecule has 2 amide bonds. The number of hydrogen-bond donors (Lipinski definition) is 3. The van der Waals surface area contributed by atoms with Crippen molar-refractivity contribution in [2.24, 2.45) is 5.92 Å². The van der Waals surface area contributed by atoms with Crippen molar-refractivity contribution in [1.82, 2.24) is 10.6 Å². The third kappa shape index (κ3) is 5.27. The van der Waals surface area contributed by atoms with Crippen LogP contribution in [0.3, 0.4) is 0 Å². The van der Waals surface area contributed by atoms with E-state index in [1.165, 1.54) is 0 Å². The SMILES string of the molecule is COCC(C)CNC(=O)N[C@H](C(=O)O)c1ccccc1. The van der Waals surface area contributed by atoms with Crippen LogP contribution in [0.25, 0.3) is 0 Å². The number of rotatable bonds is 7. The van der Waals surface area contributed by atoms with Crippen molar-refractivity contribution in [3.8, 4) is 0 Å². The summed E-state index contributed by atoms with van der Waals surface area (Å²) in [6.07, 6.45) is 0. The van der Waals surface area contributed by atoms with E-state index in [4.69, 9.17) is 4.74 Å². The van der Waals surface area contributed by atoms with Crippen LogP contribution in [0.4, 0.5) is 4.79 Å². The number of carboxylic acid groups (broad SMARTS) is 1. The van der Waals surface area contributed by atoms with Gasteiger partial charge in [-0.1, -0.05) is 37.3 Å². The molecule has 0 heterocycles. The quantitative estimate of drug-likeness (QED) is 0.704. The van der Waals surface area contributed by atoms with Gasteiger partial charge in [-0.2, -0.15) is 0 Å². The fourth-order valence-electron chi connectivity index (χ4n) is 1.73. The van der Waals surface area contributed by atoms with Gasteiger partial charge in [-0.3, -0.25) is 0 Å². The average Bonchev–Trinajstić information content (AvgIpc) is 2.43. The molecule has 0 aromatic heterocycles. The number of nitrogens with one attached hydrogen (secondary N) is 2. The Labute approximate surface area is 118 Å². The minimum Gasteiger partial charge on any atom is -0.479 e. The van der Waals surface area contributed by atoms with Gasteiger partial charge in [0, 0.05) is 13.7 Å². The summed E-state index contributed by atoms with van der Waals surface area (Å²) < 4.78 is 4.96. The van der Waals surface area contributed by atoms with Crippen LogP contribution in [0.2, 0.25) is 0 Å². The molecule has 0 aliphatic rings. The van der Waals surface area contributed by atoms with E-state index in [9.17, 15) is 14.7 Å². The highest BCUT2D eigenvalue weighted by Gasteiger charge is 2.21. The number of carbonyl (C=O) groups excluding carboxylic acids is 1. The van der Waals surface area contributed by atoms with Gasteiger partial charge in [-0.25, -0.2) is 9.59 Å². The van der Waals surface area contributed by atoms with Gasteiger partial charge in [0.1, 0.15) is 0 Å². The number of hydrogen-bond acceptors (Lipinski definition) is 3. The molecular weight excluding hydrogens is 260 g/mol. The van der Waals surface area contributed by atoms with Crippen molar-refractivity contribution in [2.75, 3.05) is 20.3 Å². The lowest BCUT2D eigenvalue weighted by Crippen LogP contribution is -2.42. The summed E-state index contributed by atoms with van der Waals surface area (Å²) in [6, 6.07) is 6.99. The molecule has 6 heteroatoms. The molecule has 1 unspecified atom stereocenters. The number of aliphatic carboxylic acids is 1. The van der Waals surface area contributed by atoms with Crippen LogP contribution in [0.15, 0.2) is 30.3 Å². The first kappa shape index (κ1) is 16.0. The number of urea groups is 1. The molecule has 20 heavy (non-hydrogen) atoms. The normalized spacial score (nSPS) is 13.3. The summed E-state index contributed by atoms with van der Waals surface area (Å²) in [6.45, 7) is 2.87. The van der Waals surface area contributed by atoms with Gasteiger partial charge in [0.25, 0.3) is 0 Å². The molecule has 0 bridgehead atoms. The maximum absolute atomic E-state index is 11.7. The van der Waals surface area contributed by atoms with Crippen LogP contribution in [-0.2, 0) is 9.53 Å². The van der Waals surface area contributed by atoms with Crippen LogP contribution < -0.4 is 10.6 Å². The van der Waals surface area contributed by atoms with Gasteiger partial charge in [0.15, 0.2) is 6.04 Å². The Kier molecular flexibility index (Phi) is 6.52. The number of carbonyl (C=O) groups is 2. The molecule has 110 valence electrons. The van der Waals surface area contributed by atoms with Gasteiger partial charge < -0.3 is 20.5 Å². The van der Waals surface area contributed by atoms with E-state index in [0.717, 1.165) is 0 Å². The minimum absolute atomic E-state index is 0.158. The molecule has 1 aromatic carbocycles. The van der Waals surface area contributed by atoms with Crippen molar-refractivity contribution in [3.63, 3.8) is 0 Å². The molecule has 0 saturated carbocycles. The van der Waals surface area contributed by atoms with Gasteiger partial charge in [0.05, 0.1) is 6.61 Å². The summed E-state index contributed by atoms with van der Waals surface area (Å²) in [5.74, 6) is -0.943. The lowest BCUT2D eigenvalue weighted by Gasteiger charge is -2.17. The topological polar surface area (TPSA) is 87.7 Å². The lowest BCUT2D eigenvalue weighted by atomic mass is 10.1. The predicted molar refractivity (Wildman–Crippen MR) is 74.4 cm³/mol. The van der Waals surface area contributed by atoms with Crippen LogP contribution >= 0.6 is 0 Å². The maximum Gasteiger partial charge on any atom is 0.330 e. The second-order valence-corrected chi connectivity index (χ2v) is 4.60. The Balaban J connectivity index is 2.55. The molecule has 1 rings (SSSR count). The summed E-state index contributed by atoms with van der Waals surface area (Å²) in [4.78, 5) is 22.9. The van der Waals surface area contributed by atoms with Crippen LogP contribution in [-0.4, -0.2) is 37.4 Å². The Morgan fingerprint density at radius 1 is 1.30 bits per heavy atom. The van der Waals surface area contributed by atoms with Crippen molar-refractivity contribution < 1.29 is 19.4 Å². The van der Waals surface area contributed by atoms with E-state index in [2.05, 4.69) is 10.6 Å². The third-order valence-corrected chi connectivity index (χ3v) is 2.72. The fourth-order valence-corrected chi connectivity index (χ4v) is 1.73. The number of ether oxygens (including phenoxy) is 1. The second kappa shape index (κ2) is 8.16. The number of benzene rings is 1. The molecule has 0 saturated heterocycles. The minimum atomic E-state index is -1.10. The zero-order valence-corrected chi connectivity index (χ0v) is 11.6. The van der Waals surface area contributed by atoms with Crippen molar-refractivity contribution >= 4 is 12.0 Å². The smallest absolute Gasteiger partial charge is 0.330 e. The first-order valence-electron chi connectivity index (χ1n) is 6.35. The number of amides is 2. The average molecular weight is 280 g/mol. The highest BCUT2D eigenvalue weighted by atomic mass is 16.5. The Hall–Kier alpha value is -2.08. The van der Waals surface area contributed by atoms with Crippen molar-refractivity contribution in [2.45, 2.75) is 13.0 Å². The maximum atomic E-state index is 11.7. The molecule has 0 aliphatic heterocycles. The third-order valence-electron chi connectivity index (χ3n) is 2.72. The van der Waals surface area contributed by atoms with Gasteiger partial charge in [-0.05, 0) is 11.5 Å². The Morgan fingerprint density at radius 2 is 1.95 bits per heavy atom. The van der Waals surface area contributed by atoms with E-state index >= 15 is 0 Å². The number of methoxy groups -OCH3 is 1. The first-order valence-corrected chi connectivity index (χ1v) is 6.35. The molecule has 0 radical (unpaired) electrons. The van der Waals surface area contributed by atoms with E-state index in [-0.39, 0.29) is 5.92 Å². The van der Waals surface area contributed by atoms with Gasteiger partial charge in [0.2, 0.25) is 0 Å². The molecule has 0 spiro atoms. The molecule has 6 nitrogen and oxygen atoms in total. The Morgan fingerprint density at radius 3 is 2.50 bits per heavy atom. The van der Waals surface area contributed by atoms with Crippen LogP contribution in [0, 0.1) is 5.92 Å². The first-order chi connectivity index (χ1) is 9.54. The van der Waals surface area contributed by atoms with E-state index in [1.54, 1.807) is 37.4 Å². The standard InChI is InChI=1S/C14H20N2O4/c1-10(9-20-2)8-15-14(19)16-12(13(17)18)11-6-4-3-5-7-11/h3-7,10,12H,8-9H2,1-2H3,(H,17,18)(H2,15,16,19)/t10?,12-/m0/s1. The monoisotopic (exact) mass is 280 g/mol. The van der Waals surface area contributed by atoms with E-state index < -0.39 is 18.0 Å². The number of carboxylic acids is 1. The summed E-state index contributed by atoms with van der Waals surface area (Å²) in [7, 11) is 1.59. The van der Waals surface area contributed by atoms with Crippen molar-refractivity contribution in [3.05, 3.63) is 35.9 Å². The molecule has 1 aromatic rings. The summed E-state index contributed by atoms with van der Waals surface area (Å²) in [5.41, 5.74) is 0.528. The van der Waals surface area contributed by atoms with Crippen LogP contribution in [0.5, 0.6) is 0 Å². The highest BCUT2D eigenvalue weighted by Crippen LogP contribution is 2.12. The largest absolute Gasteiger partial charge is 0.479 e. The van der Waals surface area contributed by atoms with Gasteiger partial charge >= 0.3 is 12.0 Å². The second-order valence-electron chi connectivity index (χ2n) is 4.60. The summed E-state index contributed by atoms with van der Waals surface area (Å²) in [5, 5.41) is 14.2. The molecule has 0 aliphatic carbocycles. The molecular formula is C14H20N2O4. The molecule has 3 N–H and O–H groups in total. The molecule has 0 fully saturated rings. The lowest BCUT2D eigenvalue weighted by molar-refractivity contribution is -0.139. The van der Waals surface area contributed by atoms with Gasteiger partial charge in [-0.15, -0.1) is 0 Å². The predicted octanol–water partition coefficient (Wildman–Crippen LogP) is 1.39. The van der Waals surface area contributed by atoms with E-state index in [1.807, 2.05) is 6.92 Å². The summed E-state index contributed by atoms with van der Waals surface area (Å²) >= 11 is 0. The zero-order valence-electron chi connectivity index (χ0n) is 11.6. The van der Waals surface area contributed by atoms with Crippen molar-refractivity contribution in [1.29, 1.82) is 0 Å². The Bertz CT molecular complexity index is 436. The highest BCUT2D eigenvalue weighted by molar-refractivity contribution is 5.83. The van der Waals surface area contributed by atoms with E-state index in [0.29, 0.717) is 18.7 Å². The fraction of sp³-hybridized carbons (Fsp3) is 0.429. The molecule has 2 atom stereocenters.